The molecule has 0 unspecified atom stereocenters. The zero-order valence-electron chi connectivity index (χ0n) is 12.9. The van der Waals surface area contributed by atoms with Crippen LogP contribution in [0.3, 0.4) is 0 Å². The molecule has 0 atom stereocenters. The lowest BCUT2D eigenvalue weighted by atomic mass is 10.2. The van der Waals surface area contributed by atoms with Crippen LogP contribution in [-0.2, 0) is 11.8 Å². The highest BCUT2D eigenvalue weighted by Crippen LogP contribution is 2.27. The fourth-order valence-electron chi connectivity index (χ4n) is 2.57. The normalized spacial score (nSPS) is 14.9. The quantitative estimate of drug-likeness (QED) is 0.939. The largest absolute Gasteiger partial charge is 0.378 e. The molecule has 3 rings (SSSR count). The third-order valence-electron chi connectivity index (χ3n) is 3.98. The van der Waals surface area contributed by atoms with Crippen LogP contribution in [0.15, 0.2) is 30.5 Å². The van der Waals surface area contributed by atoms with Crippen molar-refractivity contribution in [3.8, 4) is 0 Å². The average molecular weight is 300 g/mol. The Hall–Kier alpha value is -2.34. The molecule has 0 bridgehead atoms. The third-order valence-corrected chi connectivity index (χ3v) is 3.98. The molecule has 2 heterocycles. The number of hydrogen-bond donors (Lipinski definition) is 1. The number of anilines is 2. The minimum absolute atomic E-state index is 0.133. The predicted octanol–water partition coefficient (Wildman–Crippen LogP) is 1.82. The topological polar surface area (TPSA) is 59.4 Å². The summed E-state index contributed by atoms with van der Waals surface area (Å²) in [6, 6.07) is 7.86. The van der Waals surface area contributed by atoms with E-state index in [0.29, 0.717) is 18.8 Å². The van der Waals surface area contributed by atoms with Crippen LogP contribution < -0.4 is 10.2 Å². The second-order valence-electron chi connectivity index (χ2n) is 5.34. The van der Waals surface area contributed by atoms with E-state index in [1.165, 1.54) is 0 Å². The first kappa shape index (κ1) is 14.6. The van der Waals surface area contributed by atoms with Crippen molar-refractivity contribution in [3.63, 3.8) is 0 Å². The molecule has 1 aliphatic rings. The maximum absolute atomic E-state index is 12.5. The van der Waals surface area contributed by atoms with Gasteiger partial charge in [0.25, 0.3) is 5.91 Å². The van der Waals surface area contributed by atoms with Crippen molar-refractivity contribution in [1.29, 1.82) is 0 Å². The van der Waals surface area contributed by atoms with Crippen LogP contribution in [0.2, 0.25) is 0 Å². The average Bonchev–Trinajstić information content (AvgIpc) is 2.88. The van der Waals surface area contributed by atoms with Gasteiger partial charge in [0.2, 0.25) is 0 Å². The highest BCUT2D eigenvalue weighted by atomic mass is 16.5. The van der Waals surface area contributed by atoms with Crippen molar-refractivity contribution < 1.29 is 9.53 Å². The van der Waals surface area contributed by atoms with E-state index in [9.17, 15) is 4.79 Å². The van der Waals surface area contributed by atoms with E-state index >= 15 is 0 Å². The summed E-state index contributed by atoms with van der Waals surface area (Å²) in [6.07, 6.45) is 1.60. The SMILES string of the molecule is Cc1c(C(=O)Nc2ccccc2N2CCOCC2)cnn1C. The third kappa shape index (κ3) is 2.82. The molecule has 1 aliphatic heterocycles. The molecule has 1 amide bonds. The van der Waals surface area contributed by atoms with Gasteiger partial charge in [-0.05, 0) is 19.1 Å². The highest BCUT2D eigenvalue weighted by Gasteiger charge is 2.18. The molecule has 0 aliphatic carbocycles. The van der Waals surface area contributed by atoms with Gasteiger partial charge in [0, 0.05) is 25.8 Å². The van der Waals surface area contributed by atoms with Crippen molar-refractivity contribution in [3.05, 3.63) is 41.7 Å². The van der Waals surface area contributed by atoms with Crippen molar-refractivity contribution in [2.24, 2.45) is 7.05 Å². The Morgan fingerprint density at radius 1 is 1.27 bits per heavy atom. The van der Waals surface area contributed by atoms with Crippen LogP contribution >= 0.6 is 0 Å². The van der Waals surface area contributed by atoms with Crippen molar-refractivity contribution >= 4 is 17.3 Å². The summed E-state index contributed by atoms with van der Waals surface area (Å²) in [5, 5.41) is 7.12. The predicted molar refractivity (Wildman–Crippen MR) is 85.4 cm³/mol. The first-order valence-electron chi connectivity index (χ1n) is 7.38. The number of amides is 1. The number of nitrogens with zero attached hydrogens (tertiary/aromatic N) is 3. The number of aryl methyl sites for hydroxylation is 1. The number of carbonyl (C=O) groups is 1. The molecule has 116 valence electrons. The number of benzene rings is 1. The Kier molecular flexibility index (Phi) is 4.11. The van der Waals surface area contributed by atoms with Gasteiger partial charge in [0.1, 0.15) is 0 Å². The monoisotopic (exact) mass is 300 g/mol. The number of hydrogen-bond acceptors (Lipinski definition) is 4. The van der Waals surface area contributed by atoms with E-state index in [1.807, 2.05) is 38.2 Å². The van der Waals surface area contributed by atoms with Gasteiger partial charge < -0.3 is 15.0 Å². The van der Waals surface area contributed by atoms with Crippen LogP contribution in [0, 0.1) is 6.92 Å². The second-order valence-corrected chi connectivity index (χ2v) is 5.34. The summed E-state index contributed by atoms with van der Waals surface area (Å²) in [5.74, 6) is -0.133. The standard InChI is InChI=1S/C16H20N4O2/c1-12-13(11-17-19(12)2)16(21)18-14-5-3-4-6-15(14)20-7-9-22-10-8-20/h3-6,11H,7-10H2,1-2H3,(H,18,21). The molecule has 0 saturated carbocycles. The fourth-order valence-corrected chi connectivity index (χ4v) is 2.57. The van der Waals surface area contributed by atoms with Gasteiger partial charge in [-0.15, -0.1) is 0 Å². The number of rotatable bonds is 3. The van der Waals surface area contributed by atoms with Gasteiger partial charge in [-0.2, -0.15) is 5.10 Å². The zero-order valence-corrected chi connectivity index (χ0v) is 12.9. The number of morpholine rings is 1. The number of aromatic nitrogens is 2. The van der Waals surface area contributed by atoms with Crippen LogP contribution in [-0.4, -0.2) is 42.0 Å². The van der Waals surface area contributed by atoms with Gasteiger partial charge in [-0.25, -0.2) is 0 Å². The molecular weight excluding hydrogens is 280 g/mol. The van der Waals surface area contributed by atoms with Gasteiger partial charge in [0.05, 0.1) is 36.3 Å². The summed E-state index contributed by atoms with van der Waals surface area (Å²) in [4.78, 5) is 14.7. The van der Waals surface area contributed by atoms with E-state index < -0.39 is 0 Å². The van der Waals surface area contributed by atoms with Gasteiger partial charge in [-0.3, -0.25) is 9.48 Å². The summed E-state index contributed by atoms with van der Waals surface area (Å²) in [5.41, 5.74) is 3.29. The molecule has 1 N–H and O–H groups in total. The lowest BCUT2D eigenvalue weighted by molar-refractivity contribution is 0.102. The molecule has 0 spiro atoms. The van der Waals surface area contributed by atoms with E-state index in [4.69, 9.17) is 4.74 Å². The summed E-state index contributed by atoms with van der Waals surface area (Å²) in [7, 11) is 1.83. The number of carbonyl (C=O) groups excluding carboxylic acids is 1. The highest BCUT2D eigenvalue weighted by molar-refractivity contribution is 6.06. The van der Waals surface area contributed by atoms with Crippen molar-refractivity contribution in [2.75, 3.05) is 36.5 Å². The fraction of sp³-hybridized carbons (Fsp3) is 0.375. The first-order chi connectivity index (χ1) is 10.7. The summed E-state index contributed by atoms with van der Waals surface area (Å²) < 4.78 is 7.09. The Balaban J connectivity index is 1.83. The minimum Gasteiger partial charge on any atom is -0.378 e. The zero-order chi connectivity index (χ0) is 15.5. The summed E-state index contributed by atoms with van der Waals surface area (Å²) >= 11 is 0. The van der Waals surface area contributed by atoms with Gasteiger partial charge in [0.15, 0.2) is 0 Å². The Bertz CT molecular complexity index is 675. The maximum atomic E-state index is 12.5. The smallest absolute Gasteiger partial charge is 0.259 e. The van der Waals surface area contributed by atoms with Crippen molar-refractivity contribution in [2.45, 2.75) is 6.92 Å². The molecule has 6 nitrogen and oxygen atoms in total. The molecule has 6 heteroatoms. The Morgan fingerprint density at radius 3 is 2.68 bits per heavy atom. The molecule has 0 radical (unpaired) electrons. The molecule has 22 heavy (non-hydrogen) atoms. The first-order valence-corrected chi connectivity index (χ1v) is 7.38. The minimum atomic E-state index is -0.133. The second kappa shape index (κ2) is 6.19. The van der Waals surface area contributed by atoms with E-state index in [0.717, 1.165) is 30.2 Å². The molecule has 1 aromatic carbocycles. The van der Waals surface area contributed by atoms with Gasteiger partial charge in [-0.1, -0.05) is 12.1 Å². The molecular formula is C16H20N4O2. The van der Waals surface area contributed by atoms with E-state index in [1.54, 1.807) is 10.9 Å². The van der Waals surface area contributed by atoms with Crippen LogP contribution in [0.25, 0.3) is 0 Å². The number of nitrogens with one attached hydrogen (secondary N) is 1. The Labute approximate surface area is 129 Å². The van der Waals surface area contributed by atoms with Crippen LogP contribution in [0.4, 0.5) is 11.4 Å². The lowest BCUT2D eigenvalue weighted by Gasteiger charge is -2.30. The number of ether oxygens (including phenoxy) is 1. The summed E-state index contributed by atoms with van der Waals surface area (Å²) in [6.45, 7) is 4.97. The molecule has 1 fully saturated rings. The van der Waals surface area contributed by atoms with E-state index in [-0.39, 0.29) is 5.91 Å². The number of para-hydroxylation sites is 2. The van der Waals surface area contributed by atoms with Gasteiger partial charge >= 0.3 is 0 Å². The molecule has 1 aromatic heterocycles. The van der Waals surface area contributed by atoms with Crippen LogP contribution in [0.1, 0.15) is 16.1 Å². The van der Waals surface area contributed by atoms with E-state index in [2.05, 4.69) is 15.3 Å². The van der Waals surface area contributed by atoms with Crippen LogP contribution in [0.5, 0.6) is 0 Å². The molecule has 1 saturated heterocycles. The van der Waals surface area contributed by atoms with Crippen molar-refractivity contribution in [1.82, 2.24) is 9.78 Å². The maximum Gasteiger partial charge on any atom is 0.259 e. The Morgan fingerprint density at radius 2 is 2.00 bits per heavy atom. The lowest BCUT2D eigenvalue weighted by Crippen LogP contribution is -2.36. The molecule has 2 aromatic rings.